The number of aromatic hydroxyl groups is 1. The molecule has 0 aliphatic heterocycles. The lowest BCUT2D eigenvalue weighted by atomic mass is 10.0. The summed E-state index contributed by atoms with van der Waals surface area (Å²) in [6.45, 7) is 6.13. The van der Waals surface area contributed by atoms with E-state index >= 15 is 0 Å². The van der Waals surface area contributed by atoms with Gasteiger partial charge in [0.2, 0.25) is 0 Å². The van der Waals surface area contributed by atoms with E-state index in [4.69, 9.17) is 4.18 Å². The number of hydrogen-bond acceptors (Lipinski definition) is 4. The predicted molar refractivity (Wildman–Crippen MR) is 113 cm³/mol. The quantitative estimate of drug-likeness (QED) is 0.270. The molecule has 1 aromatic carbocycles. The maximum atomic E-state index is 12.9. The molecule has 0 amide bonds. The SMILES string of the molecule is CCCCCCCCC(CCCCCC)S(=O)(=O)Oc1cc(O)ccc1C. The molecule has 0 saturated carbocycles. The molecule has 27 heavy (non-hydrogen) atoms. The molecular formula is C22H38O4S. The molecule has 0 aromatic heterocycles. The summed E-state index contributed by atoms with van der Waals surface area (Å²) in [5.41, 5.74) is 0.709. The maximum Gasteiger partial charge on any atom is 0.312 e. The number of benzene rings is 1. The van der Waals surface area contributed by atoms with Crippen molar-refractivity contribution in [2.75, 3.05) is 0 Å². The number of rotatable bonds is 15. The number of unbranched alkanes of at least 4 members (excludes halogenated alkanes) is 8. The summed E-state index contributed by atoms with van der Waals surface area (Å²) in [5, 5.41) is 9.17. The topological polar surface area (TPSA) is 63.6 Å². The van der Waals surface area contributed by atoms with Gasteiger partial charge in [0.1, 0.15) is 11.5 Å². The Morgan fingerprint density at radius 1 is 0.889 bits per heavy atom. The van der Waals surface area contributed by atoms with Gasteiger partial charge < -0.3 is 9.29 Å². The molecule has 0 aliphatic carbocycles. The number of phenols is 1. The van der Waals surface area contributed by atoms with Crippen LogP contribution in [0.2, 0.25) is 0 Å². The van der Waals surface area contributed by atoms with Gasteiger partial charge >= 0.3 is 10.1 Å². The molecule has 0 saturated heterocycles. The Hall–Kier alpha value is -1.23. The number of phenolic OH excluding ortho intramolecular Hbond substituents is 1. The van der Waals surface area contributed by atoms with Gasteiger partial charge in [0, 0.05) is 6.07 Å². The van der Waals surface area contributed by atoms with E-state index in [0.29, 0.717) is 18.4 Å². The van der Waals surface area contributed by atoms with Crippen LogP contribution in [-0.4, -0.2) is 18.8 Å². The molecule has 0 radical (unpaired) electrons. The Bertz CT molecular complexity index is 625. The lowest BCUT2D eigenvalue weighted by molar-refractivity contribution is 0.440. The third-order valence-electron chi connectivity index (χ3n) is 5.05. The molecule has 0 aliphatic rings. The van der Waals surface area contributed by atoms with Crippen molar-refractivity contribution in [3.8, 4) is 11.5 Å². The van der Waals surface area contributed by atoms with Crippen LogP contribution < -0.4 is 4.18 Å². The van der Waals surface area contributed by atoms with Crippen LogP contribution in [0, 0.1) is 6.92 Å². The summed E-state index contributed by atoms with van der Waals surface area (Å²) in [6.07, 6.45) is 12.4. The van der Waals surface area contributed by atoms with E-state index in [-0.39, 0.29) is 11.5 Å². The van der Waals surface area contributed by atoms with Gasteiger partial charge in [0.25, 0.3) is 0 Å². The van der Waals surface area contributed by atoms with E-state index < -0.39 is 15.4 Å². The third kappa shape index (κ3) is 9.50. The monoisotopic (exact) mass is 398 g/mol. The summed E-state index contributed by atoms with van der Waals surface area (Å²) < 4.78 is 31.2. The first-order valence-corrected chi connectivity index (χ1v) is 12.1. The van der Waals surface area contributed by atoms with Gasteiger partial charge in [-0.05, 0) is 31.4 Å². The Morgan fingerprint density at radius 2 is 1.41 bits per heavy atom. The van der Waals surface area contributed by atoms with Gasteiger partial charge in [0.15, 0.2) is 0 Å². The fourth-order valence-corrected chi connectivity index (χ4v) is 4.73. The van der Waals surface area contributed by atoms with Crippen molar-refractivity contribution in [1.29, 1.82) is 0 Å². The summed E-state index contributed by atoms with van der Waals surface area (Å²) in [6, 6.07) is 4.59. The summed E-state index contributed by atoms with van der Waals surface area (Å²) >= 11 is 0. The zero-order valence-electron chi connectivity index (χ0n) is 17.4. The van der Waals surface area contributed by atoms with Crippen LogP contribution in [0.15, 0.2) is 18.2 Å². The number of hydrogen-bond donors (Lipinski definition) is 1. The van der Waals surface area contributed by atoms with Gasteiger partial charge in [-0.25, -0.2) is 0 Å². The Morgan fingerprint density at radius 3 is 2.00 bits per heavy atom. The second-order valence-corrected chi connectivity index (χ2v) is 9.37. The summed E-state index contributed by atoms with van der Waals surface area (Å²) in [7, 11) is -3.71. The third-order valence-corrected chi connectivity index (χ3v) is 6.74. The molecule has 0 fully saturated rings. The van der Waals surface area contributed by atoms with Crippen LogP contribution in [0.25, 0.3) is 0 Å². The first-order chi connectivity index (χ1) is 12.9. The molecule has 1 atom stereocenters. The highest BCUT2D eigenvalue weighted by Crippen LogP contribution is 2.28. The zero-order chi connectivity index (χ0) is 20.1. The summed E-state index contributed by atoms with van der Waals surface area (Å²) in [5.74, 6) is 0.248. The predicted octanol–water partition coefficient (Wildman–Crippen LogP) is 6.50. The minimum Gasteiger partial charge on any atom is -0.508 e. The highest BCUT2D eigenvalue weighted by Gasteiger charge is 2.27. The van der Waals surface area contributed by atoms with E-state index in [0.717, 1.165) is 38.5 Å². The lowest BCUT2D eigenvalue weighted by Crippen LogP contribution is -2.26. The van der Waals surface area contributed by atoms with E-state index in [1.165, 1.54) is 37.8 Å². The van der Waals surface area contributed by atoms with Crippen molar-refractivity contribution in [1.82, 2.24) is 0 Å². The van der Waals surface area contributed by atoms with E-state index in [1.54, 1.807) is 13.0 Å². The van der Waals surface area contributed by atoms with Gasteiger partial charge in [0.05, 0.1) is 5.25 Å². The van der Waals surface area contributed by atoms with E-state index in [2.05, 4.69) is 13.8 Å². The van der Waals surface area contributed by atoms with Crippen molar-refractivity contribution in [3.05, 3.63) is 23.8 Å². The second kappa shape index (κ2) is 13.0. The largest absolute Gasteiger partial charge is 0.508 e. The Kier molecular flexibility index (Phi) is 11.5. The van der Waals surface area contributed by atoms with Crippen molar-refractivity contribution in [2.45, 2.75) is 103 Å². The molecular weight excluding hydrogens is 360 g/mol. The fourth-order valence-electron chi connectivity index (χ4n) is 3.26. The van der Waals surface area contributed by atoms with Crippen molar-refractivity contribution >= 4 is 10.1 Å². The van der Waals surface area contributed by atoms with Crippen LogP contribution in [0.3, 0.4) is 0 Å². The molecule has 1 N–H and O–H groups in total. The Labute approximate surface area is 166 Å². The molecule has 5 heteroatoms. The molecule has 4 nitrogen and oxygen atoms in total. The molecule has 1 unspecified atom stereocenters. The van der Waals surface area contributed by atoms with Crippen LogP contribution in [-0.2, 0) is 10.1 Å². The number of aryl methyl sites for hydroxylation is 1. The minimum atomic E-state index is -3.71. The zero-order valence-corrected chi connectivity index (χ0v) is 18.2. The smallest absolute Gasteiger partial charge is 0.312 e. The molecule has 0 bridgehead atoms. The lowest BCUT2D eigenvalue weighted by Gasteiger charge is -2.19. The standard InChI is InChI=1S/C22H38O4S/c1-4-6-8-10-11-13-15-21(14-12-9-7-5-2)27(24,25)26-22-18-20(23)17-16-19(22)3/h16-18,21,23H,4-15H2,1-3H3. The van der Waals surface area contributed by atoms with Gasteiger partial charge in [-0.2, -0.15) is 8.42 Å². The average molecular weight is 399 g/mol. The fraction of sp³-hybridized carbons (Fsp3) is 0.727. The highest BCUT2D eigenvalue weighted by atomic mass is 32.2. The molecule has 0 heterocycles. The first kappa shape index (κ1) is 23.8. The molecule has 1 rings (SSSR count). The second-order valence-electron chi connectivity index (χ2n) is 7.55. The van der Waals surface area contributed by atoms with Crippen molar-refractivity contribution in [3.63, 3.8) is 0 Å². The van der Waals surface area contributed by atoms with E-state index in [1.807, 2.05) is 0 Å². The van der Waals surface area contributed by atoms with E-state index in [9.17, 15) is 13.5 Å². The van der Waals surface area contributed by atoms with Crippen LogP contribution in [0.1, 0.15) is 96.5 Å². The van der Waals surface area contributed by atoms with Gasteiger partial charge in [-0.1, -0.05) is 84.1 Å². The highest BCUT2D eigenvalue weighted by molar-refractivity contribution is 7.87. The minimum absolute atomic E-state index is 0.0150. The van der Waals surface area contributed by atoms with Crippen LogP contribution >= 0.6 is 0 Å². The average Bonchev–Trinajstić information content (AvgIpc) is 2.62. The Balaban J connectivity index is 2.70. The van der Waals surface area contributed by atoms with Gasteiger partial charge in [-0.3, -0.25) is 0 Å². The van der Waals surface area contributed by atoms with Crippen LogP contribution in [0.5, 0.6) is 11.5 Å². The summed E-state index contributed by atoms with van der Waals surface area (Å²) in [4.78, 5) is 0. The maximum absolute atomic E-state index is 12.9. The molecule has 0 spiro atoms. The molecule has 1 aromatic rings. The van der Waals surface area contributed by atoms with Gasteiger partial charge in [-0.15, -0.1) is 0 Å². The normalized spacial score (nSPS) is 12.9. The van der Waals surface area contributed by atoms with Crippen LogP contribution in [0.4, 0.5) is 0 Å². The first-order valence-electron chi connectivity index (χ1n) is 10.6. The van der Waals surface area contributed by atoms with Crippen molar-refractivity contribution in [2.24, 2.45) is 0 Å². The molecule has 156 valence electrons. The van der Waals surface area contributed by atoms with Crippen molar-refractivity contribution < 1.29 is 17.7 Å².